The van der Waals surface area contributed by atoms with Crippen LogP contribution in [0.4, 0.5) is 4.39 Å². The van der Waals surface area contributed by atoms with Crippen LogP contribution in [0, 0.1) is 11.7 Å². The molecule has 0 aromatic heterocycles. The van der Waals surface area contributed by atoms with Crippen LogP contribution in [0.1, 0.15) is 25.8 Å². The average molecular weight is 249 g/mol. The molecule has 0 bridgehead atoms. The SMILES string of the molecule is CCC(Cl)C(C)Cc1ccc(F)cc1Cl. The fraction of sp³-hybridized carbons (Fsp3) is 0.500. The Kier molecular flexibility index (Phi) is 4.88. The lowest BCUT2D eigenvalue weighted by Crippen LogP contribution is -2.13. The van der Waals surface area contributed by atoms with Crippen molar-refractivity contribution in [3.63, 3.8) is 0 Å². The van der Waals surface area contributed by atoms with E-state index in [1.807, 2.05) is 0 Å². The van der Waals surface area contributed by atoms with E-state index in [-0.39, 0.29) is 11.2 Å². The van der Waals surface area contributed by atoms with Crippen molar-refractivity contribution >= 4 is 23.2 Å². The molecule has 1 aromatic carbocycles. The van der Waals surface area contributed by atoms with Crippen molar-refractivity contribution in [2.45, 2.75) is 32.1 Å². The molecule has 0 aliphatic rings. The third-order valence-corrected chi connectivity index (χ3v) is 3.66. The van der Waals surface area contributed by atoms with Crippen LogP contribution in [0.2, 0.25) is 5.02 Å². The smallest absolute Gasteiger partial charge is 0.124 e. The predicted octanol–water partition coefficient (Wildman–Crippen LogP) is 4.68. The normalized spacial score (nSPS) is 15.0. The Bertz CT molecular complexity index is 325. The van der Waals surface area contributed by atoms with Crippen LogP contribution in [-0.4, -0.2) is 5.38 Å². The number of hydrogen-bond acceptors (Lipinski definition) is 0. The summed E-state index contributed by atoms with van der Waals surface area (Å²) >= 11 is 12.1. The number of hydrogen-bond donors (Lipinski definition) is 0. The molecule has 0 saturated carbocycles. The minimum absolute atomic E-state index is 0.145. The minimum Gasteiger partial charge on any atom is -0.207 e. The van der Waals surface area contributed by atoms with Crippen molar-refractivity contribution in [3.05, 3.63) is 34.6 Å². The fourth-order valence-electron chi connectivity index (χ4n) is 1.56. The summed E-state index contributed by atoms with van der Waals surface area (Å²) in [6.07, 6.45) is 1.72. The van der Waals surface area contributed by atoms with Crippen LogP contribution >= 0.6 is 23.2 Å². The maximum atomic E-state index is 12.8. The summed E-state index contributed by atoms with van der Waals surface area (Å²) < 4.78 is 12.8. The van der Waals surface area contributed by atoms with Crippen LogP contribution in [-0.2, 0) is 6.42 Å². The van der Waals surface area contributed by atoms with Crippen LogP contribution in [0.15, 0.2) is 18.2 Å². The molecular formula is C12H15Cl2F. The van der Waals surface area contributed by atoms with Crippen LogP contribution in [0.25, 0.3) is 0 Å². The summed E-state index contributed by atoms with van der Waals surface area (Å²) in [5.74, 6) is 0.0499. The third kappa shape index (κ3) is 3.66. The molecule has 0 amide bonds. The van der Waals surface area contributed by atoms with Gasteiger partial charge in [0.1, 0.15) is 5.82 Å². The van der Waals surface area contributed by atoms with E-state index >= 15 is 0 Å². The third-order valence-electron chi connectivity index (χ3n) is 2.56. The van der Waals surface area contributed by atoms with Gasteiger partial charge in [0.15, 0.2) is 0 Å². The Morgan fingerprint density at radius 1 is 1.40 bits per heavy atom. The van der Waals surface area contributed by atoms with E-state index in [4.69, 9.17) is 23.2 Å². The van der Waals surface area contributed by atoms with Crippen molar-refractivity contribution in [3.8, 4) is 0 Å². The first-order valence-corrected chi connectivity index (χ1v) is 5.94. The van der Waals surface area contributed by atoms with Gasteiger partial charge in [0, 0.05) is 10.4 Å². The van der Waals surface area contributed by atoms with Gasteiger partial charge in [-0.3, -0.25) is 0 Å². The van der Waals surface area contributed by atoms with E-state index in [1.165, 1.54) is 12.1 Å². The van der Waals surface area contributed by atoms with Crippen LogP contribution in [0.3, 0.4) is 0 Å². The van der Waals surface area contributed by atoms with Gasteiger partial charge in [-0.25, -0.2) is 4.39 Å². The highest BCUT2D eigenvalue weighted by Crippen LogP contribution is 2.24. The molecule has 3 heteroatoms. The van der Waals surface area contributed by atoms with Crippen LogP contribution < -0.4 is 0 Å². The molecule has 2 unspecified atom stereocenters. The lowest BCUT2D eigenvalue weighted by Gasteiger charge is -2.16. The maximum absolute atomic E-state index is 12.8. The number of alkyl halides is 1. The quantitative estimate of drug-likeness (QED) is 0.680. The van der Waals surface area contributed by atoms with Gasteiger partial charge in [-0.15, -0.1) is 11.6 Å². The monoisotopic (exact) mass is 248 g/mol. The largest absolute Gasteiger partial charge is 0.207 e. The van der Waals surface area contributed by atoms with Crippen molar-refractivity contribution in [1.29, 1.82) is 0 Å². The summed E-state index contributed by atoms with van der Waals surface area (Å²) in [5.41, 5.74) is 0.963. The molecule has 0 fully saturated rings. The van der Waals surface area contributed by atoms with E-state index in [0.717, 1.165) is 18.4 Å². The molecule has 0 nitrogen and oxygen atoms in total. The van der Waals surface area contributed by atoms with Gasteiger partial charge in [0.05, 0.1) is 0 Å². The summed E-state index contributed by atoms with van der Waals surface area (Å²) in [5, 5.41) is 0.632. The highest BCUT2D eigenvalue weighted by molar-refractivity contribution is 6.31. The predicted molar refractivity (Wildman–Crippen MR) is 64.2 cm³/mol. The van der Waals surface area contributed by atoms with E-state index in [9.17, 15) is 4.39 Å². The second-order valence-electron chi connectivity index (χ2n) is 3.84. The van der Waals surface area contributed by atoms with E-state index in [1.54, 1.807) is 6.07 Å². The van der Waals surface area contributed by atoms with Gasteiger partial charge >= 0.3 is 0 Å². The van der Waals surface area contributed by atoms with Crippen molar-refractivity contribution < 1.29 is 4.39 Å². The zero-order valence-corrected chi connectivity index (χ0v) is 10.4. The standard InChI is InChI=1S/C12H15Cl2F/c1-3-11(13)8(2)6-9-4-5-10(15)7-12(9)14/h4-5,7-8,11H,3,6H2,1-2H3. The second kappa shape index (κ2) is 5.72. The molecule has 2 atom stereocenters. The maximum Gasteiger partial charge on any atom is 0.124 e. The average Bonchev–Trinajstić information content (AvgIpc) is 2.20. The lowest BCUT2D eigenvalue weighted by molar-refractivity contribution is 0.530. The zero-order chi connectivity index (χ0) is 11.4. The molecule has 0 aliphatic heterocycles. The fourth-order valence-corrected chi connectivity index (χ4v) is 1.90. The Labute approximate surface area is 100 Å². The Morgan fingerprint density at radius 3 is 2.60 bits per heavy atom. The zero-order valence-electron chi connectivity index (χ0n) is 8.93. The molecule has 0 N–H and O–H groups in total. The molecule has 0 saturated heterocycles. The topological polar surface area (TPSA) is 0 Å². The Balaban J connectivity index is 2.72. The highest BCUT2D eigenvalue weighted by atomic mass is 35.5. The first kappa shape index (κ1) is 12.8. The molecule has 0 radical (unpaired) electrons. The molecular weight excluding hydrogens is 234 g/mol. The minimum atomic E-state index is -0.297. The van der Waals surface area contributed by atoms with Gasteiger partial charge in [-0.05, 0) is 36.5 Å². The van der Waals surface area contributed by atoms with Gasteiger partial charge in [0.2, 0.25) is 0 Å². The van der Waals surface area contributed by atoms with Crippen molar-refractivity contribution in [1.82, 2.24) is 0 Å². The molecule has 1 aromatic rings. The van der Waals surface area contributed by atoms with Gasteiger partial charge in [0.25, 0.3) is 0 Å². The molecule has 0 spiro atoms. The van der Waals surface area contributed by atoms with E-state index in [0.29, 0.717) is 10.9 Å². The van der Waals surface area contributed by atoms with E-state index in [2.05, 4.69) is 13.8 Å². The van der Waals surface area contributed by atoms with Gasteiger partial charge in [-0.2, -0.15) is 0 Å². The summed E-state index contributed by atoms with van der Waals surface area (Å²) in [4.78, 5) is 0. The number of benzene rings is 1. The van der Waals surface area contributed by atoms with Gasteiger partial charge < -0.3 is 0 Å². The summed E-state index contributed by atoms with van der Waals surface area (Å²) in [7, 11) is 0. The van der Waals surface area contributed by atoms with Gasteiger partial charge in [-0.1, -0.05) is 31.5 Å². The molecule has 15 heavy (non-hydrogen) atoms. The van der Waals surface area contributed by atoms with Crippen molar-refractivity contribution in [2.24, 2.45) is 5.92 Å². The summed E-state index contributed by atoms with van der Waals surface area (Å²) in [6.45, 7) is 4.14. The first-order valence-electron chi connectivity index (χ1n) is 5.12. The summed E-state index contributed by atoms with van der Waals surface area (Å²) in [6, 6.07) is 4.51. The first-order chi connectivity index (χ1) is 7.04. The number of halogens is 3. The lowest BCUT2D eigenvalue weighted by atomic mass is 9.96. The molecule has 0 heterocycles. The van der Waals surface area contributed by atoms with Crippen LogP contribution in [0.5, 0.6) is 0 Å². The second-order valence-corrected chi connectivity index (χ2v) is 4.81. The molecule has 1 rings (SSSR count). The molecule has 84 valence electrons. The number of rotatable bonds is 4. The Morgan fingerprint density at radius 2 is 2.07 bits per heavy atom. The Hall–Kier alpha value is -0.270. The molecule has 0 aliphatic carbocycles. The van der Waals surface area contributed by atoms with E-state index < -0.39 is 0 Å². The highest BCUT2D eigenvalue weighted by Gasteiger charge is 2.14. The van der Waals surface area contributed by atoms with Crippen molar-refractivity contribution in [2.75, 3.05) is 0 Å².